The summed E-state index contributed by atoms with van der Waals surface area (Å²) in [4.78, 5) is 28.8. The average molecular weight is 373 g/mol. The largest absolute Gasteiger partial charge is 0.496 e. The molecule has 0 atom stereocenters. The van der Waals surface area contributed by atoms with Gasteiger partial charge in [0.25, 0.3) is 5.91 Å². The molecule has 1 aliphatic rings. The van der Waals surface area contributed by atoms with E-state index in [2.05, 4.69) is 0 Å². The Morgan fingerprint density at radius 2 is 1.58 bits per heavy atom. The average Bonchev–Trinajstić information content (AvgIpc) is 2.69. The van der Waals surface area contributed by atoms with Gasteiger partial charge in [0.1, 0.15) is 5.75 Å². The van der Waals surface area contributed by atoms with E-state index >= 15 is 0 Å². The lowest BCUT2D eigenvalue weighted by molar-refractivity contribution is -0.131. The quantitative estimate of drug-likeness (QED) is 0.829. The number of amides is 2. The second kappa shape index (κ2) is 8.23. The van der Waals surface area contributed by atoms with Crippen molar-refractivity contribution in [2.75, 3.05) is 33.3 Å². The first-order chi connectivity index (χ1) is 12.6. The lowest BCUT2D eigenvalue weighted by atomic mass is 10.1. The fourth-order valence-electron chi connectivity index (χ4n) is 3.07. The van der Waals surface area contributed by atoms with Crippen molar-refractivity contribution in [3.63, 3.8) is 0 Å². The van der Waals surface area contributed by atoms with E-state index in [1.165, 1.54) is 0 Å². The predicted molar refractivity (Wildman–Crippen MR) is 101 cm³/mol. The molecule has 5 nitrogen and oxygen atoms in total. The van der Waals surface area contributed by atoms with Gasteiger partial charge in [0.2, 0.25) is 5.91 Å². The summed E-state index contributed by atoms with van der Waals surface area (Å²) >= 11 is 6.13. The summed E-state index contributed by atoms with van der Waals surface area (Å²) in [7, 11) is 1.55. The van der Waals surface area contributed by atoms with Crippen LogP contribution in [0.4, 0.5) is 0 Å². The first kappa shape index (κ1) is 18.3. The van der Waals surface area contributed by atoms with Gasteiger partial charge in [-0.3, -0.25) is 9.59 Å². The molecule has 2 aromatic rings. The van der Waals surface area contributed by atoms with E-state index in [-0.39, 0.29) is 18.2 Å². The molecule has 136 valence electrons. The number of para-hydroxylation sites is 1. The minimum Gasteiger partial charge on any atom is -0.496 e. The van der Waals surface area contributed by atoms with E-state index in [4.69, 9.17) is 16.3 Å². The predicted octanol–water partition coefficient (Wildman–Crippen LogP) is 2.88. The van der Waals surface area contributed by atoms with Gasteiger partial charge in [0.15, 0.2) is 0 Å². The summed E-state index contributed by atoms with van der Waals surface area (Å²) in [6.07, 6.45) is 0.278. The summed E-state index contributed by atoms with van der Waals surface area (Å²) in [6, 6.07) is 14.6. The van der Waals surface area contributed by atoms with Crippen molar-refractivity contribution in [3.05, 3.63) is 64.7 Å². The number of carbonyl (C=O) groups is 2. The standard InChI is InChI=1S/C20H21ClN2O3/c1-26-18-9-5-3-7-16(18)20(25)23-12-10-22(11-13-23)19(24)14-15-6-2-4-8-17(15)21/h2-9H,10-14H2,1H3. The summed E-state index contributed by atoms with van der Waals surface area (Å²) in [5.41, 5.74) is 1.37. The Morgan fingerprint density at radius 1 is 0.962 bits per heavy atom. The van der Waals surface area contributed by atoms with Gasteiger partial charge in [0, 0.05) is 31.2 Å². The van der Waals surface area contributed by atoms with Crippen LogP contribution < -0.4 is 4.74 Å². The second-order valence-electron chi connectivity index (χ2n) is 6.14. The van der Waals surface area contributed by atoms with Crippen LogP contribution >= 0.6 is 11.6 Å². The maximum Gasteiger partial charge on any atom is 0.257 e. The van der Waals surface area contributed by atoms with Gasteiger partial charge in [-0.25, -0.2) is 0 Å². The first-order valence-electron chi connectivity index (χ1n) is 8.53. The number of hydrogen-bond donors (Lipinski definition) is 0. The molecular formula is C20H21ClN2O3. The summed E-state index contributed by atoms with van der Waals surface area (Å²) in [5, 5.41) is 0.603. The smallest absolute Gasteiger partial charge is 0.257 e. The van der Waals surface area contributed by atoms with Crippen LogP contribution in [-0.4, -0.2) is 54.9 Å². The van der Waals surface area contributed by atoms with Gasteiger partial charge in [-0.05, 0) is 23.8 Å². The SMILES string of the molecule is COc1ccccc1C(=O)N1CCN(C(=O)Cc2ccccc2Cl)CC1. The Morgan fingerprint density at radius 3 is 2.27 bits per heavy atom. The van der Waals surface area contributed by atoms with Crippen LogP contribution in [0, 0.1) is 0 Å². The third-order valence-corrected chi connectivity index (χ3v) is 4.93. The van der Waals surface area contributed by atoms with Gasteiger partial charge >= 0.3 is 0 Å². The van der Waals surface area contributed by atoms with Crippen LogP contribution in [0.3, 0.4) is 0 Å². The first-order valence-corrected chi connectivity index (χ1v) is 8.91. The Kier molecular flexibility index (Phi) is 5.78. The zero-order chi connectivity index (χ0) is 18.5. The molecular weight excluding hydrogens is 352 g/mol. The van der Waals surface area contributed by atoms with E-state index < -0.39 is 0 Å². The molecule has 2 amide bonds. The Labute approximate surface area is 158 Å². The van der Waals surface area contributed by atoms with Crippen LogP contribution in [0.1, 0.15) is 15.9 Å². The van der Waals surface area contributed by atoms with Crippen molar-refractivity contribution in [2.45, 2.75) is 6.42 Å². The molecule has 0 aromatic heterocycles. The minimum absolute atomic E-state index is 0.0301. The van der Waals surface area contributed by atoms with Crippen molar-refractivity contribution in [1.29, 1.82) is 0 Å². The topological polar surface area (TPSA) is 49.9 Å². The molecule has 6 heteroatoms. The van der Waals surface area contributed by atoms with Gasteiger partial charge in [-0.1, -0.05) is 41.9 Å². The molecule has 0 unspecified atom stereocenters. The van der Waals surface area contributed by atoms with Crippen molar-refractivity contribution in [1.82, 2.24) is 9.80 Å². The molecule has 2 aromatic carbocycles. The van der Waals surface area contributed by atoms with Gasteiger partial charge in [0.05, 0.1) is 19.1 Å². The van der Waals surface area contributed by atoms with E-state index in [0.717, 1.165) is 5.56 Å². The molecule has 0 radical (unpaired) electrons. The van der Waals surface area contributed by atoms with Crippen LogP contribution in [0.25, 0.3) is 0 Å². The number of piperazine rings is 1. The number of methoxy groups -OCH3 is 1. The molecule has 3 rings (SSSR count). The number of benzene rings is 2. The summed E-state index contributed by atoms with van der Waals surface area (Å²) in [6.45, 7) is 2.05. The zero-order valence-corrected chi connectivity index (χ0v) is 15.4. The van der Waals surface area contributed by atoms with Crippen molar-refractivity contribution < 1.29 is 14.3 Å². The molecule has 0 bridgehead atoms. The fourth-order valence-corrected chi connectivity index (χ4v) is 3.27. The summed E-state index contributed by atoms with van der Waals surface area (Å²) in [5.74, 6) is 0.526. The third-order valence-electron chi connectivity index (χ3n) is 4.56. The number of nitrogens with zero attached hydrogens (tertiary/aromatic N) is 2. The lowest BCUT2D eigenvalue weighted by Crippen LogP contribution is -2.51. The van der Waals surface area contributed by atoms with Crippen LogP contribution in [0.2, 0.25) is 5.02 Å². The van der Waals surface area contributed by atoms with Crippen molar-refractivity contribution >= 4 is 23.4 Å². The zero-order valence-electron chi connectivity index (χ0n) is 14.7. The Balaban J connectivity index is 1.59. The lowest BCUT2D eigenvalue weighted by Gasteiger charge is -2.35. The maximum atomic E-state index is 12.7. The van der Waals surface area contributed by atoms with Gasteiger partial charge < -0.3 is 14.5 Å². The van der Waals surface area contributed by atoms with Crippen molar-refractivity contribution in [3.8, 4) is 5.75 Å². The molecule has 1 aliphatic heterocycles. The number of ether oxygens (including phenoxy) is 1. The normalized spacial score (nSPS) is 14.2. The van der Waals surface area contributed by atoms with Crippen molar-refractivity contribution in [2.24, 2.45) is 0 Å². The minimum atomic E-state index is -0.0688. The molecule has 0 saturated carbocycles. The van der Waals surface area contributed by atoms with E-state index in [1.54, 1.807) is 35.1 Å². The fraction of sp³-hybridized carbons (Fsp3) is 0.300. The molecule has 1 fully saturated rings. The number of hydrogen-bond acceptors (Lipinski definition) is 3. The van der Waals surface area contributed by atoms with E-state index in [1.807, 2.05) is 30.3 Å². The highest BCUT2D eigenvalue weighted by Crippen LogP contribution is 2.21. The molecule has 26 heavy (non-hydrogen) atoms. The van der Waals surface area contributed by atoms with Crippen LogP contribution in [0.15, 0.2) is 48.5 Å². The van der Waals surface area contributed by atoms with E-state index in [9.17, 15) is 9.59 Å². The Bertz CT molecular complexity index is 801. The third kappa shape index (κ3) is 3.99. The van der Waals surface area contributed by atoms with Gasteiger partial charge in [-0.15, -0.1) is 0 Å². The molecule has 0 aliphatic carbocycles. The highest BCUT2D eigenvalue weighted by molar-refractivity contribution is 6.31. The number of rotatable bonds is 4. The highest BCUT2D eigenvalue weighted by atomic mass is 35.5. The van der Waals surface area contributed by atoms with E-state index in [0.29, 0.717) is 42.5 Å². The van der Waals surface area contributed by atoms with Gasteiger partial charge in [-0.2, -0.15) is 0 Å². The molecule has 1 heterocycles. The number of halogens is 1. The summed E-state index contributed by atoms with van der Waals surface area (Å²) < 4.78 is 5.27. The maximum absolute atomic E-state index is 12.7. The monoisotopic (exact) mass is 372 g/mol. The molecule has 0 spiro atoms. The van der Waals surface area contributed by atoms with Crippen LogP contribution in [0.5, 0.6) is 5.75 Å². The Hall–Kier alpha value is -2.53. The highest BCUT2D eigenvalue weighted by Gasteiger charge is 2.26. The van der Waals surface area contributed by atoms with Crippen LogP contribution in [-0.2, 0) is 11.2 Å². The molecule has 0 N–H and O–H groups in total. The molecule has 1 saturated heterocycles. The second-order valence-corrected chi connectivity index (χ2v) is 6.55. The number of carbonyl (C=O) groups excluding carboxylic acids is 2.